The average molecular weight is 447 g/mol. The van der Waals surface area contributed by atoms with Gasteiger partial charge in [0, 0.05) is 22.9 Å². The van der Waals surface area contributed by atoms with Crippen LogP contribution in [0.25, 0.3) is 11.5 Å². The Labute approximate surface area is 181 Å². The number of benzene rings is 2. The topological polar surface area (TPSA) is 65.6 Å². The maximum Gasteiger partial charge on any atom is 0.387 e. The van der Waals surface area contributed by atoms with Crippen molar-refractivity contribution in [1.29, 1.82) is 0 Å². The number of ether oxygens (including phenoxy) is 1. The summed E-state index contributed by atoms with van der Waals surface area (Å²) in [6.45, 7) is -3.16. The summed E-state index contributed by atoms with van der Waals surface area (Å²) in [6, 6.07) is 14.3. The minimum Gasteiger partial charge on any atom is -0.502 e. The molecule has 0 saturated heterocycles. The smallest absolute Gasteiger partial charge is 0.387 e. The molecule has 1 aromatic heterocycles. The van der Waals surface area contributed by atoms with Crippen LogP contribution in [0.3, 0.4) is 0 Å². The third-order valence-corrected chi connectivity index (χ3v) is 4.49. The standard InChI is InChI=1S/C22H17F3N2O3S/c23-16-5-3-15(4-6-16)20(29)19(27-11-1-2-14(12-27)13-28)21(31)26-17-7-9-18(10-8-17)30-22(24)25/h1-12,22,28H,13H2,(H-,26,29,31)/p+1. The quantitative estimate of drug-likeness (QED) is 0.215. The van der Waals surface area contributed by atoms with Crippen LogP contribution in [0.15, 0.2) is 73.1 Å². The summed E-state index contributed by atoms with van der Waals surface area (Å²) in [4.78, 5) is 0.101. The first-order valence-corrected chi connectivity index (χ1v) is 9.45. The van der Waals surface area contributed by atoms with Crippen LogP contribution in [0.5, 0.6) is 5.75 Å². The first-order chi connectivity index (χ1) is 14.9. The van der Waals surface area contributed by atoms with Gasteiger partial charge in [-0.05, 0) is 54.6 Å². The highest BCUT2D eigenvalue weighted by molar-refractivity contribution is 7.81. The highest BCUT2D eigenvalue weighted by Crippen LogP contribution is 2.22. The van der Waals surface area contributed by atoms with Gasteiger partial charge in [-0.2, -0.15) is 13.3 Å². The van der Waals surface area contributed by atoms with E-state index < -0.39 is 12.4 Å². The Morgan fingerprint density at radius 2 is 1.74 bits per heavy atom. The summed E-state index contributed by atoms with van der Waals surface area (Å²) in [7, 11) is 0. The van der Waals surface area contributed by atoms with Crippen molar-refractivity contribution >= 4 is 34.3 Å². The minimum atomic E-state index is -2.93. The minimum absolute atomic E-state index is 0.0126. The summed E-state index contributed by atoms with van der Waals surface area (Å²) in [5.74, 6) is -0.698. The van der Waals surface area contributed by atoms with Crippen molar-refractivity contribution in [2.75, 3.05) is 5.32 Å². The Morgan fingerprint density at radius 1 is 1.06 bits per heavy atom. The molecule has 0 aliphatic rings. The van der Waals surface area contributed by atoms with Gasteiger partial charge in [0.1, 0.15) is 11.6 Å². The zero-order valence-electron chi connectivity index (χ0n) is 16.0. The Bertz CT molecular complexity index is 1090. The molecule has 0 spiro atoms. The summed E-state index contributed by atoms with van der Waals surface area (Å²) in [6.07, 6.45) is 3.21. The number of hydrogen-bond acceptors (Lipinski definition) is 4. The number of aliphatic hydroxyl groups is 2. The predicted molar refractivity (Wildman–Crippen MR) is 114 cm³/mol. The zero-order valence-corrected chi connectivity index (χ0v) is 16.8. The average Bonchev–Trinajstić information content (AvgIpc) is 2.75. The molecule has 0 atom stereocenters. The molecule has 0 unspecified atom stereocenters. The summed E-state index contributed by atoms with van der Waals surface area (Å²) >= 11 is 5.49. The Balaban J connectivity index is 1.98. The second-order valence-corrected chi connectivity index (χ2v) is 6.75. The van der Waals surface area contributed by atoms with Gasteiger partial charge >= 0.3 is 6.61 Å². The van der Waals surface area contributed by atoms with Crippen LogP contribution in [0.2, 0.25) is 0 Å². The van der Waals surface area contributed by atoms with E-state index >= 15 is 0 Å². The van der Waals surface area contributed by atoms with Crippen molar-refractivity contribution in [2.24, 2.45) is 0 Å². The molecule has 0 amide bonds. The number of rotatable bonds is 7. The van der Waals surface area contributed by atoms with Gasteiger partial charge in [0.15, 0.2) is 23.1 Å². The van der Waals surface area contributed by atoms with Crippen molar-refractivity contribution in [3.63, 3.8) is 0 Å². The van der Waals surface area contributed by atoms with Crippen molar-refractivity contribution < 1.29 is 32.7 Å². The largest absolute Gasteiger partial charge is 0.502 e. The molecule has 31 heavy (non-hydrogen) atoms. The maximum absolute atomic E-state index is 13.3. The summed E-state index contributed by atoms with van der Waals surface area (Å²) in [5, 5.41) is 23.3. The fourth-order valence-corrected chi connectivity index (χ4v) is 3.08. The van der Waals surface area contributed by atoms with Crippen LogP contribution in [0.1, 0.15) is 11.1 Å². The normalized spacial score (nSPS) is 11.8. The number of hydrogen-bond donors (Lipinski definition) is 3. The lowest BCUT2D eigenvalue weighted by Crippen LogP contribution is -2.39. The maximum atomic E-state index is 13.3. The molecule has 3 N–H and O–H groups in total. The van der Waals surface area contributed by atoms with Gasteiger partial charge < -0.3 is 20.3 Å². The van der Waals surface area contributed by atoms with E-state index in [0.717, 1.165) is 0 Å². The molecule has 2 aromatic carbocycles. The predicted octanol–water partition coefficient (Wildman–Crippen LogP) is 4.53. The van der Waals surface area contributed by atoms with Crippen molar-refractivity contribution in [1.82, 2.24) is 0 Å². The van der Waals surface area contributed by atoms with E-state index in [9.17, 15) is 23.4 Å². The molecule has 9 heteroatoms. The van der Waals surface area contributed by atoms with Crippen LogP contribution in [0.4, 0.5) is 18.9 Å². The fourth-order valence-electron chi connectivity index (χ4n) is 2.76. The molecular formula is C22H18F3N2O3S+. The molecular weight excluding hydrogens is 429 g/mol. The number of anilines is 1. The molecule has 0 saturated carbocycles. The summed E-state index contributed by atoms with van der Waals surface area (Å²) in [5.41, 5.74) is 1.53. The summed E-state index contributed by atoms with van der Waals surface area (Å²) < 4.78 is 43.8. The van der Waals surface area contributed by atoms with E-state index in [1.807, 2.05) is 0 Å². The van der Waals surface area contributed by atoms with Crippen LogP contribution < -0.4 is 14.6 Å². The lowest BCUT2D eigenvalue weighted by atomic mass is 10.1. The molecule has 0 fully saturated rings. The molecule has 160 valence electrons. The number of aliphatic hydroxyl groups excluding tert-OH is 2. The first kappa shape index (κ1) is 22.3. The van der Waals surface area contributed by atoms with Gasteiger partial charge in [0.05, 0.1) is 6.61 Å². The van der Waals surface area contributed by atoms with Crippen molar-refractivity contribution in [2.45, 2.75) is 13.2 Å². The highest BCUT2D eigenvalue weighted by Gasteiger charge is 2.24. The van der Waals surface area contributed by atoms with Crippen LogP contribution >= 0.6 is 12.2 Å². The fraction of sp³-hybridized carbons (Fsp3) is 0.0909. The molecule has 0 bridgehead atoms. The molecule has 0 aliphatic heterocycles. The second-order valence-electron chi connectivity index (χ2n) is 6.34. The molecule has 1 heterocycles. The lowest BCUT2D eigenvalue weighted by Gasteiger charge is -2.11. The van der Waals surface area contributed by atoms with Gasteiger partial charge in [-0.25, -0.2) is 4.39 Å². The van der Waals surface area contributed by atoms with E-state index in [2.05, 4.69) is 10.1 Å². The Hall–Kier alpha value is -3.43. The third kappa shape index (κ3) is 5.80. The van der Waals surface area contributed by atoms with Crippen LogP contribution in [-0.4, -0.2) is 21.8 Å². The SMILES string of the molecule is OCc1ccc[n+](/C(C(=S)Nc2ccc(OC(F)F)cc2)=C(/O)c2ccc(F)cc2)c1. The van der Waals surface area contributed by atoms with Crippen LogP contribution in [0, 0.1) is 5.82 Å². The highest BCUT2D eigenvalue weighted by atomic mass is 32.1. The third-order valence-electron chi connectivity index (χ3n) is 4.20. The van der Waals surface area contributed by atoms with E-state index in [1.165, 1.54) is 53.1 Å². The number of pyridine rings is 1. The second kappa shape index (κ2) is 10.1. The van der Waals surface area contributed by atoms with E-state index in [1.54, 1.807) is 24.5 Å². The number of nitrogens with one attached hydrogen (secondary N) is 1. The number of halogens is 3. The molecule has 3 aromatic rings. The van der Waals surface area contributed by atoms with Crippen molar-refractivity contribution in [3.8, 4) is 5.75 Å². The van der Waals surface area contributed by atoms with Gasteiger partial charge in [-0.15, -0.1) is 0 Å². The monoisotopic (exact) mass is 447 g/mol. The van der Waals surface area contributed by atoms with Gasteiger partial charge in [0.2, 0.25) is 0 Å². The molecule has 0 radical (unpaired) electrons. The number of aromatic nitrogens is 1. The van der Waals surface area contributed by atoms with E-state index in [4.69, 9.17) is 12.2 Å². The lowest BCUT2D eigenvalue weighted by molar-refractivity contribution is -0.576. The zero-order chi connectivity index (χ0) is 22.4. The van der Waals surface area contributed by atoms with Gasteiger partial charge in [0.25, 0.3) is 5.70 Å². The van der Waals surface area contributed by atoms with Crippen molar-refractivity contribution in [3.05, 3.63) is 90.0 Å². The Morgan fingerprint density at radius 3 is 2.35 bits per heavy atom. The van der Waals surface area contributed by atoms with Crippen LogP contribution in [-0.2, 0) is 6.61 Å². The number of nitrogens with zero attached hydrogens (tertiary/aromatic N) is 1. The van der Waals surface area contributed by atoms with Gasteiger partial charge in [-0.3, -0.25) is 0 Å². The molecule has 5 nitrogen and oxygen atoms in total. The number of alkyl halides is 2. The number of thiocarbonyl (C=S) groups is 1. The Kier molecular flexibility index (Phi) is 7.22. The molecule has 0 aliphatic carbocycles. The first-order valence-electron chi connectivity index (χ1n) is 9.04. The van der Waals surface area contributed by atoms with Gasteiger partial charge in [-0.1, -0.05) is 12.2 Å². The van der Waals surface area contributed by atoms with E-state index in [-0.39, 0.29) is 28.8 Å². The molecule has 3 rings (SSSR count). The van der Waals surface area contributed by atoms with E-state index in [0.29, 0.717) is 16.8 Å².